The number of hydrogen-bond acceptors (Lipinski definition) is 5. The van der Waals surface area contributed by atoms with E-state index in [2.05, 4.69) is 16.9 Å². The zero-order valence-electron chi connectivity index (χ0n) is 12.2. The number of rotatable bonds is 7. The van der Waals surface area contributed by atoms with Crippen LogP contribution in [0.3, 0.4) is 0 Å². The second-order valence-electron chi connectivity index (χ2n) is 4.36. The van der Waals surface area contributed by atoms with E-state index < -0.39 is 0 Å². The van der Waals surface area contributed by atoms with Gasteiger partial charge in [-0.25, -0.2) is 4.98 Å². The van der Waals surface area contributed by atoms with Gasteiger partial charge in [-0.15, -0.1) is 0 Å². The van der Waals surface area contributed by atoms with Crippen molar-refractivity contribution in [2.45, 2.75) is 12.8 Å². The van der Waals surface area contributed by atoms with Crippen molar-refractivity contribution >= 4 is 42.3 Å². The zero-order chi connectivity index (χ0) is 15.9. The number of thiazole rings is 1. The third kappa shape index (κ3) is 5.62. The van der Waals surface area contributed by atoms with Gasteiger partial charge in [-0.1, -0.05) is 22.9 Å². The van der Waals surface area contributed by atoms with E-state index in [0.717, 1.165) is 5.56 Å². The molecule has 0 bridgehead atoms. The smallest absolute Gasteiger partial charge is 0.228 e. The Kier molecular flexibility index (Phi) is 9.50. The molecule has 2 rings (SSSR count). The molecule has 1 amide bonds. The van der Waals surface area contributed by atoms with Gasteiger partial charge in [0.15, 0.2) is 13.6 Å². The molecule has 0 radical (unpaired) electrons. The molecule has 0 aliphatic carbocycles. The molecule has 0 spiro atoms. The Morgan fingerprint density at radius 3 is 2.87 bits per heavy atom. The van der Waals surface area contributed by atoms with Crippen molar-refractivity contribution in [3.8, 4) is 10.6 Å². The molecule has 2 aromatic heterocycles. The van der Waals surface area contributed by atoms with E-state index in [1.165, 1.54) is 11.3 Å². The van der Waals surface area contributed by atoms with E-state index in [1.807, 2.05) is 12.1 Å². The zero-order valence-corrected chi connectivity index (χ0v) is 18.9. The normalized spacial score (nSPS) is 10.3. The summed E-state index contributed by atoms with van der Waals surface area (Å²) >= 11 is 7.54. The SMILES string of the molecule is [CH2-]CCN(C(=O)CCP=O)c1sc(-c2cccnc2)nc1Cl.[U]. The first-order valence-electron chi connectivity index (χ1n) is 6.62. The molecule has 23 heavy (non-hydrogen) atoms. The van der Waals surface area contributed by atoms with Crippen molar-refractivity contribution in [2.24, 2.45) is 0 Å². The molecule has 9 heteroatoms. The maximum absolute atomic E-state index is 12.3. The minimum atomic E-state index is -0.129. The summed E-state index contributed by atoms with van der Waals surface area (Å²) in [7, 11) is -0.0416. The number of anilines is 1. The van der Waals surface area contributed by atoms with Gasteiger partial charge in [0.1, 0.15) is 10.0 Å². The third-order valence-electron chi connectivity index (χ3n) is 2.82. The van der Waals surface area contributed by atoms with Gasteiger partial charge >= 0.3 is 0 Å². The van der Waals surface area contributed by atoms with E-state index >= 15 is 0 Å². The molecule has 0 N–H and O–H groups in total. The average molecular weight is 593 g/mol. The van der Waals surface area contributed by atoms with Gasteiger partial charge in [0.25, 0.3) is 0 Å². The summed E-state index contributed by atoms with van der Waals surface area (Å²) in [4.78, 5) is 22.2. The van der Waals surface area contributed by atoms with E-state index in [1.54, 1.807) is 17.3 Å². The first kappa shape index (κ1) is 20.7. The standard InChI is InChI=1S/C14H14ClN3O2PS.U/c1-2-7-18(11(19)5-8-21-20)14-12(15)17-13(22-14)10-4-3-6-16-9-10;/h3-4,6,9H,1-2,5,7-8H2;/q-1;. The van der Waals surface area contributed by atoms with Crippen LogP contribution in [0.2, 0.25) is 5.15 Å². The van der Waals surface area contributed by atoms with Crippen LogP contribution >= 0.6 is 31.4 Å². The van der Waals surface area contributed by atoms with Gasteiger partial charge in [-0.05, 0) is 18.7 Å². The molecule has 0 saturated carbocycles. The molecule has 5 nitrogen and oxygen atoms in total. The third-order valence-corrected chi connectivity index (χ3v) is 4.73. The fourth-order valence-electron chi connectivity index (χ4n) is 1.85. The van der Waals surface area contributed by atoms with Gasteiger partial charge in [0.2, 0.25) is 5.91 Å². The van der Waals surface area contributed by atoms with Gasteiger partial charge in [0, 0.05) is 61.7 Å². The molecule has 0 unspecified atom stereocenters. The molecular formula is C14H14ClN3O2PSU-. The number of carbonyl (C=O) groups is 1. The van der Waals surface area contributed by atoms with Crippen LogP contribution in [0.4, 0.5) is 5.00 Å². The molecule has 0 aliphatic rings. The summed E-state index contributed by atoms with van der Waals surface area (Å²) in [6.07, 6.45) is 4.42. The molecule has 0 atom stereocenters. The summed E-state index contributed by atoms with van der Waals surface area (Å²) in [6.45, 7) is 4.23. The molecule has 0 aromatic carbocycles. The molecule has 0 fully saturated rings. The fraction of sp³-hybridized carbons (Fsp3) is 0.286. The predicted octanol–water partition coefficient (Wildman–Crippen LogP) is 4.10. The van der Waals surface area contributed by atoms with Crippen LogP contribution in [0.1, 0.15) is 12.8 Å². The Bertz CT molecular complexity index is 657. The van der Waals surface area contributed by atoms with Gasteiger partial charge < -0.3 is 11.8 Å². The number of aromatic nitrogens is 2. The van der Waals surface area contributed by atoms with Crippen molar-refractivity contribution in [1.29, 1.82) is 0 Å². The van der Waals surface area contributed by atoms with E-state index in [0.29, 0.717) is 29.1 Å². The molecule has 2 aromatic rings. The van der Waals surface area contributed by atoms with Crippen molar-refractivity contribution in [3.63, 3.8) is 0 Å². The van der Waals surface area contributed by atoms with Crippen LogP contribution in [0.25, 0.3) is 10.6 Å². The second kappa shape index (κ2) is 10.5. The number of carbonyl (C=O) groups excluding carboxylic acids is 1. The predicted molar refractivity (Wildman–Crippen MR) is 89.8 cm³/mol. The van der Waals surface area contributed by atoms with Crippen LogP contribution < -0.4 is 4.90 Å². The number of halogens is 1. The Balaban J connectivity index is 0.00000264. The Hall–Kier alpha value is -0.308. The topological polar surface area (TPSA) is 63.2 Å². The maximum atomic E-state index is 12.3. The van der Waals surface area contributed by atoms with E-state index in [4.69, 9.17) is 11.6 Å². The second-order valence-corrected chi connectivity index (χ2v) is 6.40. The number of hydrogen-bond donors (Lipinski definition) is 0. The quantitative estimate of drug-likeness (QED) is 0.359. The van der Waals surface area contributed by atoms with Crippen molar-refractivity contribution < 1.29 is 40.5 Å². The van der Waals surface area contributed by atoms with Crippen molar-refractivity contribution in [2.75, 3.05) is 17.6 Å². The first-order valence-corrected chi connectivity index (χ1v) is 8.82. The number of nitrogens with zero attached hydrogens (tertiary/aromatic N) is 3. The van der Waals surface area contributed by atoms with E-state index in [-0.39, 0.29) is 57.1 Å². The summed E-state index contributed by atoms with van der Waals surface area (Å²) in [5.41, 5.74) is 0.848. The van der Waals surface area contributed by atoms with Crippen LogP contribution in [0.5, 0.6) is 0 Å². The maximum Gasteiger partial charge on any atom is 0.228 e. The first-order chi connectivity index (χ1) is 10.7. The minimum absolute atomic E-state index is 0. The Labute approximate surface area is 169 Å². The molecule has 2 heterocycles. The van der Waals surface area contributed by atoms with Crippen molar-refractivity contribution in [3.05, 3.63) is 36.6 Å². The van der Waals surface area contributed by atoms with Gasteiger partial charge in [-0.3, -0.25) is 14.3 Å². The minimum Gasteiger partial charge on any atom is -0.342 e. The monoisotopic (exact) mass is 592 g/mol. The van der Waals surface area contributed by atoms with Gasteiger partial charge in [0.05, 0.1) is 0 Å². The molecule has 0 aliphatic heterocycles. The molecular weight excluding hydrogens is 579 g/mol. The Morgan fingerprint density at radius 1 is 1.48 bits per heavy atom. The summed E-state index contributed by atoms with van der Waals surface area (Å²) < 4.78 is 10.6. The summed E-state index contributed by atoms with van der Waals surface area (Å²) in [6, 6.07) is 3.70. The fourth-order valence-corrected chi connectivity index (χ4v) is 3.47. The molecule has 120 valence electrons. The average Bonchev–Trinajstić information content (AvgIpc) is 2.93. The van der Waals surface area contributed by atoms with Gasteiger partial charge in [-0.2, -0.15) is 6.42 Å². The van der Waals surface area contributed by atoms with Crippen molar-refractivity contribution in [1.82, 2.24) is 9.97 Å². The summed E-state index contributed by atoms with van der Waals surface area (Å²) in [5, 5.41) is 1.58. The Morgan fingerprint density at radius 2 is 2.26 bits per heavy atom. The largest absolute Gasteiger partial charge is 0.342 e. The summed E-state index contributed by atoms with van der Waals surface area (Å²) in [5.74, 6) is -0.129. The van der Waals surface area contributed by atoms with Crippen LogP contribution in [-0.2, 0) is 9.36 Å². The molecule has 0 saturated heterocycles. The van der Waals surface area contributed by atoms with Crippen LogP contribution in [-0.4, -0.2) is 28.6 Å². The van der Waals surface area contributed by atoms with Crippen LogP contribution in [0.15, 0.2) is 24.5 Å². The number of amides is 1. The van der Waals surface area contributed by atoms with Crippen LogP contribution in [0, 0.1) is 38.0 Å². The number of pyridine rings is 1. The van der Waals surface area contributed by atoms with E-state index in [9.17, 15) is 9.36 Å².